The predicted octanol–water partition coefficient (Wildman–Crippen LogP) is 3.10. The molecule has 0 saturated carbocycles. The largest absolute Gasteiger partial charge is 0.330 e. The lowest BCUT2D eigenvalue weighted by Crippen LogP contribution is -2.23. The number of hydrogen-bond acceptors (Lipinski definition) is 2. The van der Waals surface area contributed by atoms with Crippen LogP contribution in [0.5, 0.6) is 0 Å². The molecule has 1 saturated heterocycles. The van der Waals surface area contributed by atoms with E-state index in [4.69, 9.17) is 17.3 Å². The smallest absolute Gasteiger partial charge is 0.0453 e. The third-order valence-corrected chi connectivity index (χ3v) is 4.04. The number of hydrogen-bond donors (Lipinski definition) is 1. The summed E-state index contributed by atoms with van der Waals surface area (Å²) in [5.74, 6) is 0.669. The number of nitrogens with two attached hydrogens (primary N) is 1. The first-order valence-electron chi connectivity index (χ1n) is 6.43. The van der Waals surface area contributed by atoms with Gasteiger partial charge < -0.3 is 5.73 Å². The van der Waals surface area contributed by atoms with Crippen LogP contribution in [-0.2, 0) is 13.0 Å². The van der Waals surface area contributed by atoms with Crippen molar-refractivity contribution in [3.05, 3.63) is 34.3 Å². The molecule has 1 unspecified atom stereocenters. The summed E-state index contributed by atoms with van der Waals surface area (Å²) >= 11 is 6.31. The Balaban J connectivity index is 0.00000162. The van der Waals surface area contributed by atoms with Crippen molar-refractivity contribution in [3.8, 4) is 0 Å². The van der Waals surface area contributed by atoms with Crippen LogP contribution in [0.2, 0.25) is 5.02 Å². The van der Waals surface area contributed by atoms with Crippen molar-refractivity contribution in [2.24, 2.45) is 11.7 Å². The number of likely N-dealkylation sites (tertiary alicyclic amines) is 1. The van der Waals surface area contributed by atoms with Crippen molar-refractivity contribution in [2.75, 3.05) is 19.6 Å². The van der Waals surface area contributed by atoms with E-state index in [1.807, 2.05) is 12.1 Å². The minimum absolute atomic E-state index is 0. The van der Waals surface area contributed by atoms with Crippen LogP contribution in [0.25, 0.3) is 0 Å². The van der Waals surface area contributed by atoms with E-state index in [2.05, 4.69) is 17.9 Å². The third kappa shape index (κ3) is 3.61. The molecule has 1 heterocycles. The molecule has 0 amide bonds. The fourth-order valence-corrected chi connectivity index (χ4v) is 2.84. The van der Waals surface area contributed by atoms with E-state index in [9.17, 15) is 0 Å². The highest BCUT2D eigenvalue weighted by Gasteiger charge is 2.22. The summed E-state index contributed by atoms with van der Waals surface area (Å²) in [6.45, 7) is 6.22. The van der Waals surface area contributed by atoms with Gasteiger partial charge in [-0.15, -0.1) is 12.4 Å². The van der Waals surface area contributed by atoms with Crippen molar-refractivity contribution >= 4 is 24.0 Å². The lowest BCUT2D eigenvalue weighted by atomic mass is 10.0. The fourth-order valence-electron chi connectivity index (χ4n) is 2.58. The van der Waals surface area contributed by atoms with Crippen LogP contribution in [0.1, 0.15) is 24.5 Å². The fraction of sp³-hybridized carbons (Fsp3) is 0.571. The van der Waals surface area contributed by atoms with Crippen LogP contribution < -0.4 is 5.73 Å². The molecule has 1 aliphatic heterocycles. The maximum atomic E-state index is 6.31. The third-order valence-electron chi connectivity index (χ3n) is 3.68. The van der Waals surface area contributed by atoms with Gasteiger partial charge >= 0.3 is 0 Å². The summed E-state index contributed by atoms with van der Waals surface area (Å²) < 4.78 is 0. The second kappa shape index (κ2) is 7.34. The van der Waals surface area contributed by atoms with Crippen LogP contribution in [0.4, 0.5) is 0 Å². The summed E-state index contributed by atoms with van der Waals surface area (Å²) in [5, 5.41) is 0.903. The van der Waals surface area contributed by atoms with Gasteiger partial charge in [0.25, 0.3) is 0 Å². The molecule has 4 heteroatoms. The summed E-state index contributed by atoms with van der Waals surface area (Å²) in [5.41, 5.74) is 8.39. The molecule has 102 valence electrons. The van der Waals surface area contributed by atoms with E-state index in [1.54, 1.807) is 0 Å². The average Bonchev–Trinajstić information content (AvgIpc) is 2.79. The van der Waals surface area contributed by atoms with Crippen LogP contribution in [0, 0.1) is 5.92 Å². The molecule has 1 fully saturated rings. The predicted molar refractivity (Wildman–Crippen MR) is 80.5 cm³/mol. The van der Waals surface area contributed by atoms with E-state index in [1.165, 1.54) is 17.5 Å². The van der Waals surface area contributed by atoms with Crippen LogP contribution in [0.3, 0.4) is 0 Å². The minimum atomic E-state index is 0. The van der Waals surface area contributed by atoms with Gasteiger partial charge in [0.1, 0.15) is 0 Å². The highest BCUT2D eigenvalue weighted by molar-refractivity contribution is 6.31. The van der Waals surface area contributed by atoms with Crippen molar-refractivity contribution in [2.45, 2.75) is 26.3 Å². The minimum Gasteiger partial charge on any atom is -0.330 e. The van der Waals surface area contributed by atoms with E-state index in [0.717, 1.165) is 37.6 Å². The molecule has 18 heavy (non-hydrogen) atoms. The van der Waals surface area contributed by atoms with Crippen molar-refractivity contribution in [1.29, 1.82) is 0 Å². The van der Waals surface area contributed by atoms with E-state index >= 15 is 0 Å². The summed E-state index contributed by atoms with van der Waals surface area (Å²) in [6.07, 6.45) is 2.27. The Bertz CT molecular complexity index is 382. The monoisotopic (exact) mass is 288 g/mol. The number of nitrogens with zero attached hydrogens (tertiary/aromatic N) is 1. The van der Waals surface area contributed by atoms with Gasteiger partial charge in [-0.1, -0.05) is 30.7 Å². The van der Waals surface area contributed by atoms with Gasteiger partial charge in [0, 0.05) is 18.1 Å². The van der Waals surface area contributed by atoms with Crippen molar-refractivity contribution in [3.63, 3.8) is 0 Å². The molecule has 0 bridgehead atoms. The van der Waals surface area contributed by atoms with E-state index in [0.29, 0.717) is 5.92 Å². The van der Waals surface area contributed by atoms with E-state index in [-0.39, 0.29) is 12.4 Å². The van der Waals surface area contributed by atoms with Crippen LogP contribution >= 0.6 is 24.0 Å². The quantitative estimate of drug-likeness (QED) is 0.923. The van der Waals surface area contributed by atoms with Crippen LogP contribution in [-0.4, -0.2) is 24.5 Å². The number of aryl methyl sites for hydroxylation is 1. The maximum Gasteiger partial charge on any atom is 0.0453 e. The second-order valence-corrected chi connectivity index (χ2v) is 5.26. The zero-order valence-electron chi connectivity index (χ0n) is 10.9. The topological polar surface area (TPSA) is 29.3 Å². The Morgan fingerprint density at radius 1 is 1.44 bits per heavy atom. The molecule has 2 nitrogen and oxygen atoms in total. The molecular weight excluding hydrogens is 267 g/mol. The van der Waals surface area contributed by atoms with Crippen LogP contribution in [0.15, 0.2) is 18.2 Å². The van der Waals surface area contributed by atoms with Gasteiger partial charge in [-0.2, -0.15) is 0 Å². The molecule has 1 atom stereocenters. The Kier molecular flexibility index (Phi) is 6.44. The molecule has 2 rings (SSSR count). The number of halogens is 2. The van der Waals surface area contributed by atoms with Gasteiger partial charge in [-0.25, -0.2) is 0 Å². The normalized spacial score (nSPS) is 19.8. The van der Waals surface area contributed by atoms with Crippen molar-refractivity contribution < 1.29 is 0 Å². The molecule has 1 aromatic carbocycles. The Hall–Kier alpha value is -0.280. The first kappa shape index (κ1) is 15.8. The molecular formula is C14H22Cl2N2. The summed E-state index contributed by atoms with van der Waals surface area (Å²) in [7, 11) is 0. The lowest BCUT2D eigenvalue weighted by molar-refractivity contribution is 0.317. The molecule has 0 spiro atoms. The van der Waals surface area contributed by atoms with Crippen molar-refractivity contribution in [1.82, 2.24) is 4.90 Å². The lowest BCUT2D eigenvalue weighted by Gasteiger charge is -2.19. The first-order chi connectivity index (χ1) is 8.24. The highest BCUT2D eigenvalue weighted by Crippen LogP contribution is 2.25. The second-order valence-electron chi connectivity index (χ2n) is 4.86. The van der Waals surface area contributed by atoms with Gasteiger partial charge in [0.2, 0.25) is 0 Å². The molecule has 0 aliphatic carbocycles. The molecule has 0 radical (unpaired) electrons. The average molecular weight is 289 g/mol. The molecule has 1 aromatic rings. The number of benzene rings is 1. The maximum absolute atomic E-state index is 6.31. The SMILES string of the molecule is CCc1cccc(Cl)c1CN1CCC(CN)C1.Cl. The zero-order chi connectivity index (χ0) is 12.3. The Morgan fingerprint density at radius 3 is 2.83 bits per heavy atom. The summed E-state index contributed by atoms with van der Waals surface area (Å²) in [4.78, 5) is 2.47. The molecule has 1 aliphatic rings. The molecule has 0 aromatic heterocycles. The Labute approximate surface area is 121 Å². The van der Waals surface area contributed by atoms with Gasteiger partial charge in [0.05, 0.1) is 0 Å². The first-order valence-corrected chi connectivity index (χ1v) is 6.81. The van der Waals surface area contributed by atoms with Gasteiger partial charge in [-0.3, -0.25) is 4.90 Å². The van der Waals surface area contributed by atoms with Gasteiger partial charge in [0.15, 0.2) is 0 Å². The summed E-state index contributed by atoms with van der Waals surface area (Å²) in [6, 6.07) is 6.21. The molecule has 2 N–H and O–H groups in total. The van der Waals surface area contributed by atoms with Gasteiger partial charge in [-0.05, 0) is 49.0 Å². The van der Waals surface area contributed by atoms with E-state index < -0.39 is 0 Å². The number of rotatable bonds is 4. The standard InChI is InChI=1S/C14H21ClN2.ClH/c1-2-12-4-3-5-14(15)13(12)10-17-7-6-11(8-16)9-17;/h3-5,11H,2,6-10,16H2,1H3;1H. The highest BCUT2D eigenvalue weighted by atomic mass is 35.5. The zero-order valence-corrected chi connectivity index (χ0v) is 12.4. The Morgan fingerprint density at radius 2 is 2.22 bits per heavy atom.